The van der Waals surface area contributed by atoms with Crippen LogP contribution in [0.3, 0.4) is 0 Å². The predicted molar refractivity (Wildman–Crippen MR) is 78.2 cm³/mol. The molecule has 3 rings (SSSR count). The summed E-state index contributed by atoms with van der Waals surface area (Å²) in [6, 6.07) is 8.11. The van der Waals surface area contributed by atoms with Crippen molar-refractivity contribution in [2.45, 2.75) is 0 Å². The van der Waals surface area contributed by atoms with Crippen LogP contribution in [0.4, 0.5) is 5.13 Å². The van der Waals surface area contributed by atoms with Crippen molar-refractivity contribution < 1.29 is 4.79 Å². The van der Waals surface area contributed by atoms with Crippen LogP contribution < -0.4 is 10.9 Å². The van der Waals surface area contributed by atoms with Crippen LogP contribution >= 0.6 is 11.3 Å². The van der Waals surface area contributed by atoms with E-state index in [1.54, 1.807) is 11.6 Å². The Balaban J connectivity index is 1.77. The van der Waals surface area contributed by atoms with E-state index in [9.17, 15) is 9.59 Å². The Morgan fingerprint density at radius 3 is 2.81 bits per heavy atom. The van der Waals surface area contributed by atoms with Gasteiger partial charge in [0.15, 0.2) is 5.13 Å². The van der Waals surface area contributed by atoms with Crippen molar-refractivity contribution in [2.24, 2.45) is 0 Å². The summed E-state index contributed by atoms with van der Waals surface area (Å²) < 4.78 is 0. The van der Waals surface area contributed by atoms with Crippen molar-refractivity contribution in [3.05, 3.63) is 58.0 Å². The van der Waals surface area contributed by atoms with Gasteiger partial charge in [-0.25, -0.2) is 10.1 Å². The summed E-state index contributed by atoms with van der Waals surface area (Å²) in [4.78, 5) is 31.3. The third-order valence-corrected chi connectivity index (χ3v) is 3.32. The quantitative estimate of drug-likeness (QED) is 0.764. The van der Waals surface area contributed by atoms with E-state index >= 15 is 0 Å². The lowest BCUT2D eigenvalue weighted by Gasteiger charge is -1.99. The minimum absolute atomic E-state index is 0.115. The number of hydrogen-bond acceptors (Lipinski definition) is 6. The molecular weight excluding hydrogens is 290 g/mol. The first-order valence-corrected chi connectivity index (χ1v) is 6.84. The van der Waals surface area contributed by atoms with E-state index in [1.807, 2.05) is 18.2 Å². The highest BCUT2D eigenvalue weighted by Gasteiger charge is 2.11. The largest absolute Gasteiger partial charge is 0.296 e. The molecule has 0 aliphatic heterocycles. The summed E-state index contributed by atoms with van der Waals surface area (Å²) in [7, 11) is 0. The predicted octanol–water partition coefficient (Wildman–Crippen LogP) is 1.54. The van der Waals surface area contributed by atoms with E-state index in [0.29, 0.717) is 10.8 Å². The molecule has 0 saturated heterocycles. The van der Waals surface area contributed by atoms with Crippen LogP contribution in [0.2, 0.25) is 0 Å². The topological polar surface area (TPSA) is 101 Å². The summed E-state index contributed by atoms with van der Waals surface area (Å²) >= 11 is 1.29. The zero-order valence-corrected chi connectivity index (χ0v) is 11.4. The highest BCUT2D eigenvalue weighted by atomic mass is 32.1. The standard InChI is InChI=1S/C13H9N5O2S/c19-11-5-4-9(17-18-11)12(20)16-13-15-10(7-21-13)8-3-1-2-6-14-8/h1-7H,(H,18,19)(H,15,16,20). The maximum atomic E-state index is 11.9. The minimum atomic E-state index is -0.437. The molecule has 0 aliphatic carbocycles. The lowest BCUT2D eigenvalue weighted by molar-refractivity contribution is 0.102. The number of rotatable bonds is 3. The summed E-state index contributed by atoms with van der Waals surface area (Å²) in [6.45, 7) is 0. The zero-order valence-electron chi connectivity index (χ0n) is 10.6. The summed E-state index contributed by atoms with van der Waals surface area (Å²) in [5.41, 5.74) is 1.17. The third-order valence-electron chi connectivity index (χ3n) is 2.56. The average molecular weight is 299 g/mol. The van der Waals surface area contributed by atoms with E-state index in [4.69, 9.17) is 0 Å². The number of pyridine rings is 1. The molecule has 0 radical (unpaired) electrons. The Morgan fingerprint density at radius 2 is 2.10 bits per heavy atom. The molecule has 21 heavy (non-hydrogen) atoms. The Morgan fingerprint density at radius 1 is 1.19 bits per heavy atom. The lowest BCUT2D eigenvalue weighted by Crippen LogP contribution is -2.17. The molecule has 0 aromatic carbocycles. The van der Waals surface area contributed by atoms with E-state index in [1.165, 1.54) is 23.5 Å². The van der Waals surface area contributed by atoms with Crippen LogP contribution in [0.5, 0.6) is 0 Å². The van der Waals surface area contributed by atoms with Crippen LogP contribution in [0.15, 0.2) is 46.7 Å². The van der Waals surface area contributed by atoms with Crippen molar-refractivity contribution in [3.63, 3.8) is 0 Å². The number of carbonyl (C=O) groups excluding carboxylic acids is 1. The third kappa shape index (κ3) is 3.00. The van der Waals surface area contributed by atoms with Gasteiger partial charge in [0.1, 0.15) is 11.4 Å². The van der Waals surface area contributed by atoms with Crippen LogP contribution in [0.25, 0.3) is 11.4 Å². The monoisotopic (exact) mass is 299 g/mol. The van der Waals surface area contributed by atoms with Gasteiger partial charge in [0.05, 0.1) is 5.69 Å². The number of anilines is 1. The highest BCUT2D eigenvalue weighted by molar-refractivity contribution is 7.14. The van der Waals surface area contributed by atoms with Gasteiger partial charge >= 0.3 is 0 Å². The molecule has 3 heterocycles. The number of carbonyl (C=O) groups is 1. The van der Waals surface area contributed by atoms with Crippen molar-refractivity contribution in [2.75, 3.05) is 5.32 Å². The Kier molecular flexibility index (Phi) is 3.52. The Labute approximate surface area is 122 Å². The molecule has 0 fully saturated rings. The number of nitrogens with zero attached hydrogens (tertiary/aromatic N) is 3. The van der Waals surface area contributed by atoms with Gasteiger partial charge in [-0.3, -0.25) is 19.9 Å². The fourth-order valence-electron chi connectivity index (χ4n) is 1.60. The first-order chi connectivity index (χ1) is 10.2. The zero-order chi connectivity index (χ0) is 14.7. The molecule has 104 valence electrons. The molecule has 0 saturated carbocycles. The summed E-state index contributed by atoms with van der Waals surface area (Å²) in [6.07, 6.45) is 1.68. The molecule has 8 heteroatoms. The van der Waals surface area contributed by atoms with Gasteiger partial charge in [0.25, 0.3) is 11.5 Å². The van der Waals surface area contributed by atoms with Crippen LogP contribution in [0, 0.1) is 0 Å². The van der Waals surface area contributed by atoms with Crippen molar-refractivity contribution in [1.29, 1.82) is 0 Å². The second kappa shape index (κ2) is 5.63. The first kappa shape index (κ1) is 13.1. The number of H-pyrrole nitrogens is 1. The summed E-state index contributed by atoms with van der Waals surface area (Å²) in [5, 5.41) is 10.7. The highest BCUT2D eigenvalue weighted by Crippen LogP contribution is 2.23. The maximum Gasteiger partial charge on any atom is 0.277 e. The van der Waals surface area contributed by atoms with E-state index in [-0.39, 0.29) is 11.3 Å². The second-order valence-electron chi connectivity index (χ2n) is 4.01. The average Bonchev–Trinajstić information content (AvgIpc) is 2.97. The first-order valence-electron chi connectivity index (χ1n) is 5.96. The Bertz CT molecular complexity index is 807. The summed E-state index contributed by atoms with van der Waals surface area (Å²) in [5.74, 6) is -0.437. The molecule has 3 aromatic heterocycles. The molecule has 0 unspecified atom stereocenters. The lowest BCUT2D eigenvalue weighted by atomic mass is 10.3. The van der Waals surface area contributed by atoms with Gasteiger partial charge < -0.3 is 0 Å². The van der Waals surface area contributed by atoms with Gasteiger partial charge in [-0.1, -0.05) is 6.07 Å². The fraction of sp³-hybridized carbons (Fsp3) is 0. The number of nitrogens with one attached hydrogen (secondary N) is 2. The smallest absolute Gasteiger partial charge is 0.277 e. The van der Waals surface area contributed by atoms with E-state index in [0.717, 1.165) is 5.69 Å². The number of aromatic nitrogens is 4. The molecule has 2 N–H and O–H groups in total. The number of aromatic amines is 1. The number of thiazole rings is 1. The molecule has 0 aliphatic rings. The number of amides is 1. The van der Waals surface area contributed by atoms with Crippen molar-refractivity contribution >= 4 is 22.4 Å². The van der Waals surface area contributed by atoms with E-state index < -0.39 is 5.91 Å². The maximum absolute atomic E-state index is 11.9. The van der Waals surface area contributed by atoms with Gasteiger partial charge in [-0.15, -0.1) is 11.3 Å². The second-order valence-corrected chi connectivity index (χ2v) is 4.87. The molecule has 0 spiro atoms. The van der Waals surface area contributed by atoms with Gasteiger partial charge in [0.2, 0.25) is 0 Å². The molecule has 1 amide bonds. The van der Waals surface area contributed by atoms with E-state index in [2.05, 4.69) is 25.5 Å². The normalized spacial score (nSPS) is 10.3. The SMILES string of the molecule is O=C(Nc1nc(-c2ccccn2)cs1)c1ccc(=O)[nH]n1. The van der Waals surface area contributed by atoms with Crippen LogP contribution in [-0.2, 0) is 0 Å². The van der Waals surface area contributed by atoms with Gasteiger partial charge in [-0.2, -0.15) is 5.10 Å². The van der Waals surface area contributed by atoms with Crippen molar-refractivity contribution in [3.8, 4) is 11.4 Å². The molecular formula is C13H9N5O2S. The molecule has 0 atom stereocenters. The fourth-order valence-corrected chi connectivity index (χ4v) is 2.29. The minimum Gasteiger partial charge on any atom is -0.296 e. The molecule has 7 nitrogen and oxygen atoms in total. The van der Waals surface area contributed by atoms with Crippen LogP contribution in [-0.4, -0.2) is 26.1 Å². The Hall–Kier alpha value is -2.87. The molecule has 0 bridgehead atoms. The van der Waals surface area contributed by atoms with Crippen LogP contribution in [0.1, 0.15) is 10.5 Å². The molecule has 3 aromatic rings. The van der Waals surface area contributed by atoms with Gasteiger partial charge in [0, 0.05) is 17.6 Å². The number of hydrogen-bond donors (Lipinski definition) is 2. The van der Waals surface area contributed by atoms with Gasteiger partial charge in [-0.05, 0) is 18.2 Å². The van der Waals surface area contributed by atoms with Crippen molar-refractivity contribution in [1.82, 2.24) is 20.2 Å².